The number of halogens is 1. The summed E-state index contributed by atoms with van der Waals surface area (Å²) in [7, 11) is 3.01. The highest BCUT2D eigenvalue weighted by Crippen LogP contribution is 2.39. The van der Waals surface area contributed by atoms with Gasteiger partial charge >= 0.3 is 0 Å². The van der Waals surface area contributed by atoms with E-state index in [0.717, 1.165) is 11.8 Å². The monoisotopic (exact) mass is 314 g/mol. The minimum atomic E-state index is -0.284. The summed E-state index contributed by atoms with van der Waals surface area (Å²) in [4.78, 5) is 11.3. The first-order valence-electron chi connectivity index (χ1n) is 7.03. The number of rotatable bonds is 5. The molecule has 0 aliphatic heterocycles. The van der Waals surface area contributed by atoms with Gasteiger partial charge in [0.25, 0.3) is 0 Å². The summed E-state index contributed by atoms with van der Waals surface area (Å²) in [6.07, 6.45) is 1.24. The molecular formula is C18H15FO4. The molecule has 23 heavy (non-hydrogen) atoms. The van der Waals surface area contributed by atoms with Gasteiger partial charge in [0.2, 0.25) is 5.75 Å². The van der Waals surface area contributed by atoms with Crippen LogP contribution in [-0.4, -0.2) is 20.5 Å². The Balaban J connectivity index is 2.09. The molecule has 1 heterocycles. The van der Waals surface area contributed by atoms with Crippen molar-refractivity contribution in [3.05, 3.63) is 59.1 Å². The zero-order valence-electron chi connectivity index (χ0n) is 12.8. The van der Waals surface area contributed by atoms with E-state index in [9.17, 15) is 9.18 Å². The van der Waals surface area contributed by atoms with E-state index in [1.165, 1.54) is 26.4 Å². The molecule has 0 aliphatic carbocycles. The summed E-state index contributed by atoms with van der Waals surface area (Å²) in [5.74, 6) is 1.25. The van der Waals surface area contributed by atoms with Gasteiger partial charge in [-0.25, -0.2) is 4.39 Å². The second-order valence-corrected chi connectivity index (χ2v) is 5.08. The van der Waals surface area contributed by atoms with E-state index in [0.29, 0.717) is 40.2 Å². The van der Waals surface area contributed by atoms with Gasteiger partial charge in [0.05, 0.1) is 14.2 Å². The topological polar surface area (TPSA) is 48.7 Å². The van der Waals surface area contributed by atoms with Crippen LogP contribution in [0.1, 0.15) is 21.7 Å². The van der Waals surface area contributed by atoms with Crippen LogP contribution in [0, 0.1) is 5.82 Å². The summed E-state index contributed by atoms with van der Waals surface area (Å²) < 4.78 is 29.4. The van der Waals surface area contributed by atoms with Crippen molar-refractivity contribution in [2.75, 3.05) is 14.2 Å². The van der Waals surface area contributed by atoms with Crippen LogP contribution < -0.4 is 9.47 Å². The summed E-state index contributed by atoms with van der Waals surface area (Å²) in [6.45, 7) is 0. The predicted octanol–water partition coefficient (Wildman–Crippen LogP) is 3.99. The van der Waals surface area contributed by atoms with Gasteiger partial charge in [-0.2, -0.15) is 0 Å². The first-order chi connectivity index (χ1) is 11.2. The molecule has 0 spiro atoms. The highest BCUT2D eigenvalue weighted by atomic mass is 19.1. The molecule has 0 radical (unpaired) electrons. The molecular weight excluding hydrogens is 299 g/mol. The van der Waals surface area contributed by atoms with E-state index in [4.69, 9.17) is 13.9 Å². The van der Waals surface area contributed by atoms with Crippen LogP contribution in [0.4, 0.5) is 4.39 Å². The molecule has 118 valence electrons. The standard InChI is InChI=1S/C18H15FO4/c1-21-16-8-12(10-20)15-9-14(23-17(15)18(16)22-2)7-11-3-5-13(19)6-4-11/h3-6,8-10H,7H2,1-2H3. The summed E-state index contributed by atoms with van der Waals surface area (Å²) in [6, 6.07) is 9.61. The number of aldehydes is 1. The molecule has 0 amide bonds. The van der Waals surface area contributed by atoms with Gasteiger partial charge in [-0.3, -0.25) is 4.79 Å². The van der Waals surface area contributed by atoms with Crippen LogP contribution in [0.3, 0.4) is 0 Å². The van der Waals surface area contributed by atoms with Crippen molar-refractivity contribution in [1.29, 1.82) is 0 Å². The largest absolute Gasteiger partial charge is 0.493 e. The predicted molar refractivity (Wildman–Crippen MR) is 83.9 cm³/mol. The van der Waals surface area contributed by atoms with E-state index in [-0.39, 0.29) is 5.82 Å². The Bertz CT molecular complexity index is 850. The van der Waals surface area contributed by atoms with Crippen molar-refractivity contribution < 1.29 is 23.1 Å². The number of ether oxygens (including phenoxy) is 2. The van der Waals surface area contributed by atoms with Gasteiger partial charge in [0, 0.05) is 17.4 Å². The zero-order valence-corrected chi connectivity index (χ0v) is 12.8. The highest BCUT2D eigenvalue weighted by molar-refractivity contribution is 6.00. The lowest BCUT2D eigenvalue weighted by Crippen LogP contribution is -1.93. The Morgan fingerprint density at radius 2 is 1.87 bits per heavy atom. The van der Waals surface area contributed by atoms with E-state index >= 15 is 0 Å². The Kier molecular flexibility index (Phi) is 4.02. The number of carbonyl (C=O) groups excluding carboxylic acids is 1. The van der Waals surface area contributed by atoms with Gasteiger partial charge in [0.1, 0.15) is 11.6 Å². The Morgan fingerprint density at radius 1 is 1.13 bits per heavy atom. The maximum absolute atomic E-state index is 13.0. The first-order valence-corrected chi connectivity index (χ1v) is 7.03. The normalized spacial score (nSPS) is 10.7. The highest BCUT2D eigenvalue weighted by Gasteiger charge is 2.18. The molecule has 0 bridgehead atoms. The van der Waals surface area contributed by atoms with Gasteiger partial charge in [-0.15, -0.1) is 0 Å². The average Bonchev–Trinajstić information content (AvgIpc) is 2.98. The van der Waals surface area contributed by atoms with E-state index in [2.05, 4.69) is 0 Å². The van der Waals surface area contributed by atoms with Crippen LogP contribution in [0.15, 0.2) is 40.8 Å². The number of benzene rings is 2. The Morgan fingerprint density at radius 3 is 2.48 bits per heavy atom. The SMILES string of the molecule is COc1cc(C=O)c2cc(Cc3ccc(F)cc3)oc2c1OC. The van der Waals surface area contributed by atoms with Gasteiger partial charge in [0.15, 0.2) is 17.6 Å². The molecule has 0 N–H and O–H groups in total. The molecule has 0 saturated carbocycles. The molecule has 0 fully saturated rings. The van der Waals surface area contributed by atoms with Crippen molar-refractivity contribution in [3.8, 4) is 11.5 Å². The number of hydrogen-bond acceptors (Lipinski definition) is 4. The maximum atomic E-state index is 13.0. The van der Waals surface area contributed by atoms with Crippen molar-refractivity contribution in [1.82, 2.24) is 0 Å². The number of furan rings is 1. The minimum Gasteiger partial charge on any atom is -0.493 e. The molecule has 2 aromatic carbocycles. The lowest BCUT2D eigenvalue weighted by atomic mass is 10.1. The minimum absolute atomic E-state index is 0.284. The Hall–Kier alpha value is -2.82. The zero-order chi connectivity index (χ0) is 16.4. The average molecular weight is 314 g/mol. The van der Waals surface area contributed by atoms with E-state index in [1.807, 2.05) is 0 Å². The quantitative estimate of drug-likeness (QED) is 0.668. The van der Waals surface area contributed by atoms with Crippen LogP contribution >= 0.6 is 0 Å². The summed E-state index contributed by atoms with van der Waals surface area (Å²) >= 11 is 0. The van der Waals surface area contributed by atoms with Gasteiger partial charge in [-0.05, 0) is 29.8 Å². The fourth-order valence-electron chi connectivity index (χ4n) is 2.55. The second kappa shape index (κ2) is 6.12. The first kappa shape index (κ1) is 15.1. The molecule has 0 aliphatic rings. The summed E-state index contributed by atoms with van der Waals surface area (Å²) in [5, 5.41) is 0.662. The van der Waals surface area contributed by atoms with Crippen molar-refractivity contribution in [2.45, 2.75) is 6.42 Å². The molecule has 0 saturated heterocycles. The fraction of sp³-hybridized carbons (Fsp3) is 0.167. The molecule has 5 heteroatoms. The molecule has 3 rings (SSSR count). The van der Waals surface area contributed by atoms with Crippen molar-refractivity contribution in [2.24, 2.45) is 0 Å². The van der Waals surface area contributed by atoms with Crippen molar-refractivity contribution in [3.63, 3.8) is 0 Å². The van der Waals surface area contributed by atoms with Crippen molar-refractivity contribution >= 4 is 17.3 Å². The molecule has 0 atom stereocenters. The number of fused-ring (bicyclic) bond motifs is 1. The van der Waals surface area contributed by atoms with Gasteiger partial charge < -0.3 is 13.9 Å². The smallest absolute Gasteiger partial charge is 0.204 e. The molecule has 0 unspecified atom stereocenters. The second-order valence-electron chi connectivity index (χ2n) is 5.08. The third-order valence-electron chi connectivity index (χ3n) is 3.65. The van der Waals surface area contributed by atoms with Crippen LogP contribution in [0.2, 0.25) is 0 Å². The van der Waals surface area contributed by atoms with E-state index < -0.39 is 0 Å². The lowest BCUT2D eigenvalue weighted by Gasteiger charge is -2.08. The maximum Gasteiger partial charge on any atom is 0.204 e. The van der Waals surface area contributed by atoms with Gasteiger partial charge in [-0.1, -0.05) is 12.1 Å². The number of carbonyl (C=O) groups is 1. The van der Waals surface area contributed by atoms with Crippen LogP contribution in [0.5, 0.6) is 11.5 Å². The lowest BCUT2D eigenvalue weighted by molar-refractivity contribution is 0.112. The van der Waals surface area contributed by atoms with Crippen LogP contribution in [0.25, 0.3) is 11.0 Å². The fourth-order valence-corrected chi connectivity index (χ4v) is 2.55. The Labute approximate surface area is 132 Å². The molecule has 3 aromatic rings. The number of methoxy groups -OCH3 is 2. The van der Waals surface area contributed by atoms with Crippen LogP contribution in [-0.2, 0) is 6.42 Å². The van der Waals surface area contributed by atoms with E-state index in [1.54, 1.807) is 24.3 Å². The molecule has 4 nitrogen and oxygen atoms in total. The molecule has 1 aromatic heterocycles. The summed E-state index contributed by atoms with van der Waals surface area (Å²) in [5.41, 5.74) is 1.84. The third kappa shape index (κ3) is 2.77. The number of hydrogen-bond donors (Lipinski definition) is 0. The third-order valence-corrected chi connectivity index (χ3v) is 3.65.